The monoisotopic (exact) mass is 552 g/mol. The second-order valence-corrected chi connectivity index (χ2v) is 9.50. The van der Waals surface area contributed by atoms with Crippen LogP contribution in [0.25, 0.3) is 0 Å². The van der Waals surface area contributed by atoms with E-state index in [-0.39, 0.29) is 18.7 Å². The van der Waals surface area contributed by atoms with E-state index in [0.29, 0.717) is 23.0 Å². The van der Waals surface area contributed by atoms with Crippen molar-refractivity contribution in [3.8, 4) is 11.5 Å². The molecule has 0 heterocycles. The van der Waals surface area contributed by atoms with Crippen molar-refractivity contribution >= 4 is 45.1 Å². The highest BCUT2D eigenvalue weighted by Gasteiger charge is 2.12. The Morgan fingerprint density at radius 2 is 1.44 bits per heavy atom. The summed E-state index contributed by atoms with van der Waals surface area (Å²) in [5.74, 6) is 0.381. The lowest BCUT2D eigenvalue weighted by Crippen LogP contribution is -2.21. The van der Waals surface area contributed by atoms with Crippen LogP contribution in [-0.2, 0) is 19.1 Å². The van der Waals surface area contributed by atoms with Gasteiger partial charge in [0.05, 0.1) is 6.42 Å². The van der Waals surface area contributed by atoms with Crippen molar-refractivity contribution in [1.82, 2.24) is 0 Å². The summed E-state index contributed by atoms with van der Waals surface area (Å²) in [5.41, 5.74) is 3.41. The molecule has 7 nitrogen and oxygen atoms in total. The standard InChI is InChI=1S/C28H29BrN2O5/c1-18(2)24-13-4-19(3)16-25(24)36-23-11-9-22(10-12-23)30-26(32)14-15-28(34)35-17-27(33)31-21-7-5-20(29)6-8-21/h4-13,16,18H,14-15,17H2,1-3H3,(H,30,32)(H,31,33). The Hall–Kier alpha value is -3.65. The molecule has 0 spiro atoms. The molecule has 3 rings (SSSR count). The third kappa shape index (κ3) is 8.53. The van der Waals surface area contributed by atoms with Crippen molar-refractivity contribution in [2.24, 2.45) is 0 Å². The SMILES string of the molecule is Cc1ccc(C(C)C)c(Oc2ccc(NC(=O)CCC(=O)OCC(=O)Nc3ccc(Br)cc3)cc2)c1. The topological polar surface area (TPSA) is 93.7 Å². The Balaban J connectivity index is 1.41. The molecular formula is C28H29BrN2O5. The molecule has 0 fully saturated rings. The Morgan fingerprint density at radius 1 is 0.833 bits per heavy atom. The lowest BCUT2D eigenvalue weighted by molar-refractivity contribution is -0.147. The Bertz CT molecular complexity index is 1210. The van der Waals surface area contributed by atoms with Crippen LogP contribution >= 0.6 is 15.9 Å². The number of carbonyl (C=O) groups excluding carboxylic acids is 3. The normalized spacial score (nSPS) is 10.6. The fourth-order valence-electron chi connectivity index (χ4n) is 3.33. The second-order valence-electron chi connectivity index (χ2n) is 8.59. The lowest BCUT2D eigenvalue weighted by Gasteiger charge is -2.15. The van der Waals surface area contributed by atoms with Gasteiger partial charge in [-0.3, -0.25) is 14.4 Å². The Kier molecular flexibility index (Phi) is 9.64. The quantitative estimate of drug-likeness (QED) is 0.277. The largest absolute Gasteiger partial charge is 0.457 e. The number of ether oxygens (including phenoxy) is 2. The number of esters is 1. The highest BCUT2D eigenvalue weighted by Crippen LogP contribution is 2.32. The molecule has 0 saturated carbocycles. The van der Waals surface area contributed by atoms with Gasteiger partial charge in [-0.15, -0.1) is 0 Å². The molecule has 3 aromatic rings. The molecule has 0 bridgehead atoms. The second kappa shape index (κ2) is 12.9. The molecule has 2 amide bonds. The van der Waals surface area contributed by atoms with Crippen LogP contribution in [0.3, 0.4) is 0 Å². The summed E-state index contributed by atoms with van der Waals surface area (Å²) < 4.78 is 11.9. The van der Waals surface area contributed by atoms with E-state index < -0.39 is 18.5 Å². The molecule has 2 N–H and O–H groups in total. The van der Waals surface area contributed by atoms with Crippen molar-refractivity contribution in [1.29, 1.82) is 0 Å². The fourth-order valence-corrected chi connectivity index (χ4v) is 3.59. The van der Waals surface area contributed by atoms with E-state index in [1.165, 1.54) is 0 Å². The number of hydrogen-bond donors (Lipinski definition) is 2. The number of hydrogen-bond acceptors (Lipinski definition) is 5. The van der Waals surface area contributed by atoms with Crippen LogP contribution in [0, 0.1) is 6.92 Å². The highest BCUT2D eigenvalue weighted by molar-refractivity contribution is 9.10. The summed E-state index contributed by atoms with van der Waals surface area (Å²) in [6, 6.07) is 20.2. The zero-order valence-corrected chi connectivity index (χ0v) is 22.1. The van der Waals surface area contributed by atoms with Gasteiger partial charge in [-0.25, -0.2) is 0 Å². The first kappa shape index (κ1) is 26.9. The Labute approximate surface area is 219 Å². The van der Waals surface area contributed by atoms with Crippen LogP contribution < -0.4 is 15.4 Å². The third-order valence-electron chi connectivity index (χ3n) is 5.21. The summed E-state index contributed by atoms with van der Waals surface area (Å²) in [6.07, 6.45) is -0.198. The number of nitrogens with one attached hydrogen (secondary N) is 2. The van der Waals surface area contributed by atoms with Crippen LogP contribution in [-0.4, -0.2) is 24.4 Å². The number of halogens is 1. The number of amides is 2. The molecule has 0 saturated heterocycles. The molecular weight excluding hydrogens is 524 g/mol. The molecule has 188 valence electrons. The minimum atomic E-state index is -0.626. The van der Waals surface area contributed by atoms with E-state index >= 15 is 0 Å². The van der Waals surface area contributed by atoms with Crippen molar-refractivity contribution < 1.29 is 23.9 Å². The average Bonchev–Trinajstić information content (AvgIpc) is 2.84. The van der Waals surface area contributed by atoms with E-state index in [1.54, 1.807) is 48.5 Å². The van der Waals surface area contributed by atoms with Gasteiger partial charge in [0, 0.05) is 22.3 Å². The molecule has 36 heavy (non-hydrogen) atoms. The van der Waals surface area contributed by atoms with Gasteiger partial charge in [-0.2, -0.15) is 0 Å². The Morgan fingerprint density at radius 3 is 2.08 bits per heavy atom. The summed E-state index contributed by atoms with van der Waals surface area (Å²) in [6.45, 7) is 5.83. The van der Waals surface area contributed by atoms with Crippen LogP contribution in [0.15, 0.2) is 71.2 Å². The maximum Gasteiger partial charge on any atom is 0.306 e. The number of carbonyl (C=O) groups is 3. The fraction of sp³-hybridized carbons (Fsp3) is 0.250. The molecule has 0 aliphatic rings. The minimum Gasteiger partial charge on any atom is -0.457 e. The summed E-state index contributed by atoms with van der Waals surface area (Å²) in [4.78, 5) is 36.0. The smallest absolute Gasteiger partial charge is 0.306 e. The van der Waals surface area contributed by atoms with Gasteiger partial charge in [0.2, 0.25) is 5.91 Å². The van der Waals surface area contributed by atoms with Gasteiger partial charge in [0.25, 0.3) is 5.91 Å². The van der Waals surface area contributed by atoms with E-state index in [0.717, 1.165) is 21.3 Å². The van der Waals surface area contributed by atoms with Gasteiger partial charge >= 0.3 is 5.97 Å². The number of benzene rings is 3. The zero-order valence-electron chi connectivity index (χ0n) is 20.5. The molecule has 3 aromatic carbocycles. The van der Waals surface area contributed by atoms with E-state index in [1.807, 2.05) is 13.0 Å². The molecule has 0 aromatic heterocycles. The minimum absolute atomic E-state index is 0.0630. The first-order chi connectivity index (χ1) is 17.2. The van der Waals surface area contributed by atoms with E-state index in [9.17, 15) is 14.4 Å². The molecule has 0 unspecified atom stereocenters. The number of anilines is 2. The van der Waals surface area contributed by atoms with Crippen LogP contribution in [0.5, 0.6) is 11.5 Å². The van der Waals surface area contributed by atoms with Crippen molar-refractivity contribution in [3.05, 3.63) is 82.3 Å². The maximum absolute atomic E-state index is 12.2. The highest BCUT2D eigenvalue weighted by atomic mass is 79.9. The number of rotatable bonds is 10. The first-order valence-corrected chi connectivity index (χ1v) is 12.4. The van der Waals surface area contributed by atoms with E-state index in [2.05, 4.69) is 52.5 Å². The van der Waals surface area contributed by atoms with Crippen LogP contribution in [0.1, 0.15) is 43.7 Å². The van der Waals surface area contributed by atoms with Gasteiger partial charge < -0.3 is 20.1 Å². The van der Waals surface area contributed by atoms with Crippen LogP contribution in [0.2, 0.25) is 0 Å². The van der Waals surface area contributed by atoms with Gasteiger partial charge in [-0.1, -0.05) is 41.9 Å². The third-order valence-corrected chi connectivity index (χ3v) is 5.73. The van der Waals surface area contributed by atoms with Crippen LogP contribution in [0.4, 0.5) is 11.4 Å². The molecule has 8 heteroatoms. The zero-order chi connectivity index (χ0) is 26.1. The summed E-state index contributed by atoms with van der Waals surface area (Å²) in [5, 5.41) is 5.37. The van der Waals surface area contributed by atoms with Crippen molar-refractivity contribution in [2.75, 3.05) is 17.2 Å². The van der Waals surface area contributed by atoms with Gasteiger partial charge in [-0.05, 0) is 78.6 Å². The van der Waals surface area contributed by atoms with Gasteiger partial charge in [0.15, 0.2) is 6.61 Å². The lowest BCUT2D eigenvalue weighted by atomic mass is 10.0. The molecule has 0 aliphatic carbocycles. The summed E-state index contributed by atoms with van der Waals surface area (Å²) in [7, 11) is 0. The molecule has 0 radical (unpaired) electrons. The molecule has 0 atom stereocenters. The predicted molar refractivity (Wildman–Crippen MR) is 143 cm³/mol. The summed E-state index contributed by atoms with van der Waals surface area (Å²) >= 11 is 3.31. The maximum atomic E-state index is 12.2. The van der Waals surface area contributed by atoms with E-state index in [4.69, 9.17) is 9.47 Å². The predicted octanol–water partition coefficient (Wildman–Crippen LogP) is 6.57. The average molecular weight is 553 g/mol. The molecule has 0 aliphatic heterocycles. The first-order valence-electron chi connectivity index (χ1n) is 11.6. The van der Waals surface area contributed by atoms with Crippen molar-refractivity contribution in [2.45, 2.75) is 39.5 Å². The number of aryl methyl sites for hydroxylation is 1. The van der Waals surface area contributed by atoms with Crippen molar-refractivity contribution in [3.63, 3.8) is 0 Å². The van der Waals surface area contributed by atoms with Gasteiger partial charge in [0.1, 0.15) is 11.5 Å².